The molecule has 2 aliphatic rings. The largest absolute Gasteiger partial charge is 0.416 e. The van der Waals surface area contributed by atoms with Crippen LogP contribution in [0.25, 0.3) is 0 Å². The highest BCUT2D eigenvalue weighted by Crippen LogP contribution is 2.43. The lowest BCUT2D eigenvalue weighted by molar-refractivity contribution is -0.137. The maximum Gasteiger partial charge on any atom is 0.416 e. The molecule has 1 heterocycles. The molecule has 1 saturated carbocycles. The van der Waals surface area contributed by atoms with Gasteiger partial charge in [0.2, 0.25) is 5.91 Å². The summed E-state index contributed by atoms with van der Waals surface area (Å²) in [7, 11) is -2.28. The van der Waals surface area contributed by atoms with Crippen LogP contribution in [0.4, 0.5) is 22.4 Å². The van der Waals surface area contributed by atoms with Gasteiger partial charge in [0.15, 0.2) is 9.84 Å². The molecule has 1 unspecified atom stereocenters. The first kappa shape index (κ1) is 26.6. The molecule has 198 valence electrons. The highest BCUT2D eigenvalue weighted by atomic mass is 32.2. The summed E-state index contributed by atoms with van der Waals surface area (Å²) in [5, 5.41) is 2.62. The minimum absolute atomic E-state index is 0.125. The summed E-state index contributed by atoms with van der Waals surface area (Å²) in [6.07, 6.45) is -2.56. The molecular weight excluding hydrogens is 518 g/mol. The van der Waals surface area contributed by atoms with E-state index in [1.807, 2.05) is 0 Å². The standard InChI is InChI=1S/C24H23F4N3O5S/c1-30-12-19(31(23(30)34)22(33)14-4-3-5-16(10-14)37(2,35)36)21(32)29-20(13-6-7-13)17-9-8-15(11-18(17)25)24(26,27)28/h3-5,8-11,13,19-20H,6-7,12H2,1-2H3,(H,29,32)/t19-,20?/m1/s1. The average Bonchev–Trinajstić information content (AvgIpc) is 3.61. The first-order chi connectivity index (χ1) is 17.2. The molecule has 1 N–H and O–H groups in total. The van der Waals surface area contributed by atoms with Crippen LogP contribution in [-0.4, -0.2) is 62.0 Å². The third-order valence-electron chi connectivity index (χ3n) is 6.38. The zero-order valence-electron chi connectivity index (χ0n) is 19.8. The highest BCUT2D eigenvalue weighted by molar-refractivity contribution is 7.90. The van der Waals surface area contributed by atoms with E-state index in [0.717, 1.165) is 29.4 Å². The molecule has 2 fully saturated rings. The number of nitrogens with one attached hydrogen (secondary N) is 1. The molecule has 4 amide bonds. The van der Waals surface area contributed by atoms with Gasteiger partial charge >= 0.3 is 12.2 Å². The Labute approximate surface area is 210 Å². The van der Waals surface area contributed by atoms with Gasteiger partial charge in [-0.15, -0.1) is 0 Å². The first-order valence-corrected chi connectivity index (χ1v) is 13.1. The van der Waals surface area contributed by atoms with Crippen molar-refractivity contribution in [3.63, 3.8) is 0 Å². The second kappa shape index (κ2) is 9.43. The lowest BCUT2D eigenvalue weighted by Gasteiger charge is -2.25. The Hall–Kier alpha value is -3.48. The number of amides is 4. The quantitative estimate of drug-likeness (QED) is 0.565. The van der Waals surface area contributed by atoms with Crippen molar-refractivity contribution in [3.05, 3.63) is 65.0 Å². The van der Waals surface area contributed by atoms with Gasteiger partial charge in [0.05, 0.1) is 23.0 Å². The lowest BCUT2D eigenvalue weighted by Crippen LogP contribution is -2.49. The van der Waals surface area contributed by atoms with Gasteiger partial charge in [-0.2, -0.15) is 13.2 Å². The predicted octanol–water partition coefficient (Wildman–Crippen LogP) is 3.39. The van der Waals surface area contributed by atoms with Crippen LogP contribution in [0.3, 0.4) is 0 Å². The number of nitrogens with zero attached hydrogens (tertiary/aromatic N) is 2. The van der Waals surface area contributed by atoms with Crippen LogP contribution in [0.1, 0.15) is 40.4 Å². The van der Waals surface area contributed by atoms with Gasteiger partial charge in [-0.25, -0.2) is 22.5 Å². The number of benzene rings is 2. The Kier molecular flexibility index (Phi) is 6.78. The molecule has 1 aliphatic heterocycles. The van der Waals surface area contributed by atoms with E-state index >= 15 is 0 Å². The minimum Gasteiger partial charge on any atom is -0.347 e. The van der Waals surface area contributed by atoms with E-state index in [1.54, 1.807) is 0 Å². The molecule has 0 spiro atoms. The fourth-order valence-corrected chi connectivity index (χ4v) is 4.91. The summed E-state index contributed by atoms with van der Waals surface area (Å²) in [6.45, 7) is -0.185. The molecule has 2 aromatic rings. The van der Waals surface area contributed by atoms with Gasteiger partial charge in [-0.3, -0.25) is 9.59 Å². The van der Waals surface area contributed by atoms with E-state index in [2.05, 4.69) is 5.32 Å². The molecular formula is C24H23F4N3O5S. The van der Waals surface area contributed by atoms with Crippen molar-refractivity contribution in [2.45, 2.75) is 36.0 Å². The molecule has 0 bridgehead atoms. The van der Waals surface area contributed by atoms with Crippen LogP contribution < -0.4 is 5.32 Å². The summed E-state index contributed by atoms with van der Waals surface area (Å²) in [5.74, 6) is -3.04. The topological polar surface area (TPSA) is 104 Å². The summed E-state index contributed by atoms with van der Waals surface area (Å²) in [5.41, 5.74) is -1.41. The van der Waals surface area contributed by atoms with Gasteiger partial charge in [-0.05, 0) is 49.1 Å². The van der Waals surface area contributed by atoms with Crippen molar-refractivity contribution in [2.24, 2.45) is 5.92 Å². The number of urea groups is 1. The van der Waals surface area contributed by atoms with Gasteiger partial charge in [0, 0.05) is 24.4 Å². The number of likely N-dealkylation sites (N-methyl/N-ethyl adjacent to an activating group) is 1. The number of halogens is 4. The van der Waals surface area contributed by atoms with Crippen LogP contribution in [-0.2, 0) is 20.8 Å². The number of imide groups is 1. The van der Waals surface area contributed by atoms with Gasteiger partial charge in [0.1, 0.15) is 11.9 Å². The Bertz CT molecular complexity index is 1370. The maximum absolute atomic E-state index is 14.7. The minimum atomic E-state index is -4.73. The third-order valence-corrected chi connectivity index (χ3v) is 7.49. The highest BCUT2D eigenvalue weighted by Gasteiger charge is 2.46. The number of hydrogen-bond acceptors (Lipinski definition) is 5. The van der Waals surface area contributed by atoms with E-state index in [-0.39, 0.29) is 28.5 Å². The second-order valence-corrected chi connectivity index (χ2v) is 11.2. The number of carbonyl (C=O) groups is 3. The molecule has 8 nitrogen and oxygen atoms in total. The Morgan fingerprint density at radius 1 is 1.11 bits per heavy atom. The van der Waals surface area contributed by atoms with Crippen LogP contribution in [0.15, 0.2) is 47.4 Å². The number of alkyl halides is 3. The van der Waals surface area contributed by atoms with E-state index in [9.17, 15) is 40.4 Å². The fourth-order valence-electron chi connectivity index (χ4n) is 4.25. The molecule has 0 aromatic heterocycles. The Morgan fingerprint density at radius 2 is 1.78 bits per heavy atom. The Balaban J connectivity index is 1.61. The number of hydrogen-bond donors (Lipinski definition) is 1. The molecule has 0 radical (unpaired) electrons. The molecule has 13 heteroatoms. The third kappa shape index (κ3) is 5.45. The molecule has 1 saturated heterocycles. The van der Waals surface area contributed by atoms with Crippen molar-refractivity contribution in [3.8, 4) is 0 Å². The smallest absolute Gasteiger partial charge is 0.347 e. The van der Waals surface area contributed by atoms with Crippen LogP contribution in [0.2, 0.25) is 0 Å². The van der Waals surface area contributed by atoms with Crippen LogP contribution in [0, 0.1) is 11.7 Å². The van der Waals surface area contributed by atoms with E-state index in [4.69, 9.17) is 0 Å². The number of carbonyl (C=O) groups excluding carboxylic acids is 3. The lowest BCUT2D eigenvalue weighted by atomic mass is 9.99. The second-order valence-electron chi connectivity index (χ2n) is 9.21. The number of rotatable bonds is 6. The van der Waals surface area contributed by atoms with Crippen molar-refractivity contribution in [2.75, 3.05) is 19.8 Å². The van der Waals surface area contributed by atoms with E-state index in [1.165, 1.54) is 25.2 Å². The van der Waals surface area contributed by atoms with Crippen molar-refractivity contribution in [1.29, 1.82) is 0 Å². The molecule has 37 heavy (non-hydrogen) atoms. The first-order valence-electron chi connectivity index (χ1n) is 11.2. The van der Waals surface area contributed by atoms with Crippen LogP contribution >= 0.6 is 0 Å². The SMILES string of the molecule is CN1C[C@H](C(=O)NC(c2ccc(C(F)(F)F)cc2F)C2CC2)N(C(=O)c2cccc(S(C)(=O)=O)c2)C1=O. The van der Waals surface area contributed by atoms with Crippen molar-refractivity contribution < 1.29 is 40.4 Å². The van der Waals surface area contributed by atoms with Gasteiger partial charge in [0.25, 0.3) is 5.91 Å². The fraction of sp³-hybridized carbons (Fsp3) is 0.375. The van der Waals surface area contributed by atoms with Gasteiger partial charge in [-0.1, -0.05) is 12.1 Å². The predicted molar refractivity (Wildman–Crippen MR) is 123 cm³/mol. The zero-order valence-corrected chi connectivity index (χ0v) is 20.6. The normalized spacial score (nSPS) is 19.2. The maximum atomic E-state index is 14.7. The number of sulfone groups is 1. The Morgan fingerprint density at radius 3 is 2.35 bits per heavy atom. The molecule has 2 atom stereocenters. The average molecular weight is 542 g/mol. The van der Waals surface area contributed by atoms with E-state index in [0.29, 0.717) is 23.8 Å². The van der Waals surface area contributed by atoms with Crippen molar-refractivity contribution >= 4 is 27.7 Å². The van der Waals surface area contributed by atoms with Crippen molar-refractivity contribution in [1.82, 2.24) is 15.1 Å². The summed E-state index contributed by atoms with van der Waals surface area (Å²) in [6, 6.07) is 4.03. The summed E-state index contributed by atoms with van der Waals surface area (Å²) in [4.78, 5) is 41.0. The van der Waals surface area contributed by atoms with Crippen LogP contribution in [0.5, 0.6) is 0 Å². The monoisotopic (exact) mass is 541 g/mol. The molecule has 1 aliphatic carbocycles. The zero-order chi connectivity index (χ0) is 27.3. The van der Waals surface area contributed by atoms with Gasteiger partial charge < -0.3 is 10.2 Å². The van der Waals surface area contributed by atoms with E-state index < -0.39 is 57.3 Å². The summed E-state index contributed by atoms with van der Waals surface area (Å²) >= 11 is 0. The molecule has 4 rings (SSSR count). The molecule has 2 aromatic carbocycles. The summed E-state index contributed by atoms with van der Waals surface area (Å²) < 4.78 is 77.4.